The van der Waals surface area contributed by atoms with Crippen molar-refractivity contribution < 1.29 is 9.66 Å². The quantitative estimate of drug-likeness (QED) is 0.476. The van der Waals surface area contributed by atoms with Gasteiger partial charge in [-0.15, -0.1) is 0 Å². The molecule has 21 heavy (non-hydrogen) atoms. The van der Waals surface area contributed by atoms with E-state index < -0.39 is 4.92 Å². The van der Waals surface area contributed by atoms with Gasteiger partial charge >= 0.3 is 0 Å². The van der Waals surface area contributed by atoms with Gasteiger partial charge in [0.1, 0.15) is 11.5 Å². The first-order valence-corrected chi connectivity index (χ1v) is 6.91. The van der Waals surface area contributed by atoms with E-state index in [1.54, 1.807) is 12.1 Å². The van der Waals surface area contributed by atoms with E-state index >= 15 is 0 Å². The third kappa shape index (κ3) is 4.57. The summed E-state index contributed by atoms with van der Waals surface area (Å²) in [4.78, 5) is 10.1. The van der Waals surface area contributed by atoms with E-state index in [2.05, 4.69) is 12.2 Å². The van der Waals surface area contributed by atoms with E-state index in [4.69, 9.17) is 4.74 Å². The van der Waals surface area contributed by atoms with Crippen LogP contribution in [0.1, 0.15) is 18.9 Å². The molecule has 5 heteroatoms. The Bertz CT molecular complexity index is 579. The van der Waals surface area contributed by atoms with Crippen molar-refractivity contribution in [2.45, 2.75) is 19.9 Å². The average molecular weight is 286 g/mol. The molecular weight excluding hydrogens is 268 g/mol. The minimum atomic E-state index is -0.429. The van der Waals surface area contributed by atoms with Gasteiger partial charge in [-0.05, 0) is 42.8 Å². The molecule has 0 amide bonds. The van der Waals surface area contributed by atoms with Gasteiger partial charge in [0.2, 0.25) is 0 Å². The summed E-state index contributed by atoms with van der Waals surface area (Å²) in [6.45, 7) is 3.97. The molecule has 0 bridgehead atoms. The highest BCUT2D eigenvalue weighted by Crippen LogP contribution is 2.24. The number of hydrogen-bond acceptors (Lipinski definition) is 4. The zero-order valence-electron chi connectivity index (χ0n) is 11.9. The molecule has 0 heterocycles. The lowest BCUT2D eigenvalue weighted by atomic mass is 10.2. The molecule has 2 aromatic rings. The summed E-state index contributed by atoms with van der Waals surface area (Å²) in [5.41, 5.74) is 1.25. The zero-order valence-corrected chi connectivity index (χ0v) is 11.9. The van der Waals surface area contributed by atoms with Crippen LogP contribution in [0.25, 0.3) is 0 Å². The van der Waals surface area contributed by atoms with Gasteiger partial charge in [-0.1, -0.05) is 19.1 Å². The minimum absolute atomic E-state index is 0.0553. The van der Waals surface area contributed by atoms with Crippen molar-refractivity contribution in [3.8, 4) is 11.5 Å². The van der Waals surface area contributed by atoms with E-state index in [1.165, 1.54) is 17.7 Å². The molecule has 0 saturated carbocycles. The van der Waals surface area contributed by atoms with Crippen molar-refractivity contribution in [2.24, 2.45) is 0 Å². The third-order valence-electron chi connectivity index (χ3n) is 2.96. The Balaban J connectivity index is 1.94. The molecule has 2 aromatic carbocycles. The van der Waals surface area contributed by atoms with Gasteiger partial charge in [0.05, 0.1) is 4.92 Å². The first-order chi connectivity index (χ1) is 10.2. The molecule has 5 nitrogen and oxygen atoms in total. The fourth-order valence-electron chi connectivity index (χ4n) is 1.86. The fourth-order valence-corrected chi connectivity index (χ4v) is 1.86. The monoisotopic (exact) mass is 286 g/mol. The average Bonchev–Trinajstić information content (AvgIpc) is 2.50. The van der Waals surface area contributed by atoms with Crippen LogP contribution in [-0.2, 0) is 6.54 Å². The maximum Gasteiger partial charge on any atom is 0.269 e. The van der Waals surface area contributed by atoms with E-state index in [-0.39, 0.29) is 5.69 Å². The van der Waals surface area contributed by atoms with E-state index in [9.17, 15) is 10.1 Å². The van der Waals surface area contributed by atoms with E-state index in [0.717, 1.165) is 19.5 Å². The van der Waals surface area contributed by atoms with Gasteiger partial charge in [0.25, 0.3) is 5.69 Å². The molecule has 0 radical (unpaired) electrons. The topological polar surface area (TPSA) is 64.4 Å². The molecule has 1 N–H and O–H groups in total. The minimum Gasteiger partial charge on any atom is -0.457 e. The standard InChI is InChI=1S/C16H18N2O3/c1-2-11-17-12-13-3-7-15(8-4-13)21-16-9-5-14(6-10-16)18(19)20/h3-10,17H,2,11-12H2,1H3. The maximum absolute atomic E-state index is 10.6. The highest BCUT2D eigenvalue weighted by atomic mass is 16.6. The van der Waals surface area contributed by atoms with Crippen molar-refractivity contribution >= 4 is 5.69 Å². The number of nitro groups is 1. The predicted octanol–water partition coefficient (Wildman–Crippen LogP) is 3.89. The van der Waals surface area contributed by atoms with Crippen molar-refractivity contribution in [3.63, 3.8) is 0 Å². The molecule has 2 rings (SSSR count). The number of ether oxygens (including phenoxy) is 1. The van der Waals surface area contributed by atoms with Crippen LogP contribution in [0.4, 0.5) is 5.69 Å². The van der Waals surface area contributed by atoms with Crippen molar-refractivity contribution in [3.05, 3.63) is 64.2 Å². The molecule has 0 unspecified atom stereocenters. The Morgan fingerprint density at radius 1 is 1.05 bits per heavy atom. The zero-order chi connectivity index (χ0) is 15.1. The number of rotatable bonds is 7. The molecule has 110 valence electrons. The number of nitro benzene ring substituents is 1. The summed E-state index contributed by atoms with van der Waals surface area (Å²) in [6.07, 6.45) is 1.11. The summed E-state index contributed by atoms with van der Waals surface area (Å²) >= 11 is 0. The molecule has 0 aliphatic rings. The highest BCUT2D eigenvalue weighted by molar-refractivity contribution is 5.39. The lowest BCUT2D eigenvalue weighted by molar-refractivity contribution is -0.384. The van der Waals surface area contributed by atoms with Crippen LogP contribution >= 0.6 is 0 Å². The summed E-state index contributed by atoms with van der Waals surface area (Å²) in [7, 11) is 0. The predicted molar refractivity (Wildman–Crippen MR) is 81.6 cm³/mol. The van der Waals surface area contributed by atoms with Gasteiger partial charge in [-0.2, -0.15) is 0 Å². The Morgan fingerprint density at radius 2 is 1.62 bits per heavy atom. The maximum atomic E-state index is 10.6. The number of hydrogen-bond donors (Lipinski definition) is 1. The second kappa shape index (κ2) is 7.40. The number of nitrogens with one attached hydrogen (secondary N) is 1. The summed E-state index contributed by atoms with van der Waals surface area (Å²) in [6, 6.07) is 13.8. The van der Waals surface area contributed by atoms with Crippen LogP contribution in [0, 0.1) is 10.1 Å². The van der Waals surface area contributed by atoms with Crippen molar-refractivity contribution in [2.75, 3.05) is 6.54 Å². The van der Waals surface area contributed by atoms with Crippen LogP contribution in [0.3, 0.4) is 0 Å². The SMILES string of the molecule is CCCNCc1ccc(Oc2ccc([N+](=O)[O-])cc2)cc1. The van der Waals surface area contributed by atoms with Crippen LogP contribution in [0.15, 0.2) is 48.5 Å². The third-order valence-corrected chi connectivity index (χ3v) is 2.96. The first kappa shape index (κ1) is 15.0. The second-order valence-electron chi connectivity index (χ2n) is 4.67. The molecule has 0 atom stereocenters. The molecule has 0 fully saturated rings. The largest absolute Gasteiger partial charge is 0.457 e. The highest BCUT2D eigenvalue weighted by Gasteiger charge is 2.05. The van der Waals surface area contributed by atoms with Crippen molar-refractivity contribution in [1.82, 2.24) is 5.32 Å². The van der Waals surface area contributed by atoms with Crippen LogP contribution in [0.5, 0.6) is 11.5 Å². The number of benzene rings is 2. The molecule has 0 saturated heterocycles. The molecule has 0 aliphatic carbocycles. The van der Waals surface area contributed by atoms with Gasteiger partial charge in [-0.25, -0.2) is 0 Å². The lowest BCUT2D eigenvalue weighted by Crippen LogP contribution is -2.13. The van der Waals surface area contributed by atoms with Gasteiger partial charge in [0.15, 0.2) is 0 Å². The normalized spacial score (nSPS) is 10.3. The number of nitrogens with zero attached hydrogens (tertiary/aromatic N) is 1. The fraction of sp³-hybridized carbons (Fsp3) is 0.250. The Hall–Kier alpha value is -2.40. The van der Waals surface area contributed by atoms with Gasteiger partial charge < -0.3 is 10.1 Å². The Kier molecular flexibility index (Phi) is 5.29. The van der Waals surface area contributed by atoms with E-state index in [0.29, 0.717) is 11.5 Å². The van der Waals surface area contributed by atoms with Crippen LogP contribution in [0.2, 0.25) is 0 Å². The van der Waals surface area contributed by atoms with E-state index in [1.807, 2.05) is 24.3 Å². The summed E-state index contributed by atoms with van der Waals surface area (Å²) in [5, 5.41) is 13.9. The summed E-state index contributed by atoms with van der Waals surface area (Å²) in [5.74, 6) is 1.29. The smallest absolute Gasteiger partial charge is 0.269 e. The number of non-ortho nitro benzene ring substituents is 1. The molecule has 0 aromatic heterocycles. The molecular formula is C16H18N2O3. The lowest BCUT2D eigenvalue weighted by Gasteiger charge is -2.07. The first-order valence-electron chi connectivity index (χ1n) is 6.91. The second-order valence-corrected chi connectivity index (χ2v) is 4.67. The summed E-state index contributed by atoms with van der Waals surface area (Å²) < 4.78 is 5.65. The van der Waals surface area contributed by atoms with Crippen LogP contribution in [-0.4, -0.2) is 11.5 Å². The van der Waals surface area contributed by atoms with Crippen molar-refractivity contribution in [1.29, 1.82) is 0 Å². The molecule has 0 spiro atoms. The van der Waals surface area contributed by atoms with Crippen LogP contribution < -0.4 is 10.1 Å². The molecule has 0 aliphatic heterocycles. The Morgan fingerprint density at radius 3 is 2.14 bits per heavy atom. The van der Waals surface area contributed by atoms with Gasteiger partial charge in [0, 0.05) is 18.7 Å². The Labute approximate surface area is 123 Å². The van der Waals surface area contributed by atoms with Gasteiger partial charge in [-0.3, -0.25) is 10.1 Å².